The molecule has 0 aliphatic carbocycles. The fourth-order valence-corrected chi connectivity index (χ4v) is 3.34. The van der Waals surface area contributed by atoms with Crippen LogP contribution in [0.15, 0.2) is 47.1 Å². The van der Waals surface area contributed by atoms with Gasteiger partial charge in [0, 0.05) is 16.7 Å². The molecule has 0 spiro atoms. The molecule has 1 aromatic heterocycles. The van der Waals surface area contributed by atoms with E-state index in [1.165, 1.54) is 5.56 Å². The molecule has 0 saturated carbocycles. The summed E-state index contributed by atoms with van der Waals surface area (Å²) in [6.07, 6.45) is 3.97. The van der Waals surface area contributed by atoms with Crippen molar-refractivity contribution in [3.63, 3.8) is 0 Å². The molecule has 2 N–H and O–H groups in total. The Morgan fingerprint density at radius 2 is 2.23 bits per heavy atom. The first kappa shape index (κ1) is 15.0. The van der Waals surface area contributed by atoms with Gasteiger partial charge in [0.2, 0.25) is 5.91 Å². The van der Waals surface area contributed by atoms with Crippen molar-refractivity contribution in [3.05, 3.63) is 58.3 Å². The van der Waals surface area contributed by atoms with E-state index in [0.29, 0.717) is 12.1 Å². The fourth-order valence-electron chi connectivity index (χ4n) is 2.92. The number of nitrogen functional groups attached to an aromatic ring is 1. The van der Waals surface area contributed by atoms with Crippen LogP contribution in [0.5, 0.6) is 0 Å². The molecule has 1 aliphatic heterocycles. The lowest BCUT2D eigenvalue weighted by atomic mass is 10.0. The van der Waals surface area contributed by atoms with Crippen LogP contribution in [0.1, 0.15) is 30.1 Å². The third-order valence-corrected chi connectivity index (χ3v) is 4.48. The Labute approximate surface area is 138 Å². The zero-order valence-corrected chi connectivity index (χ0v) is 13.8. The molecule has 1 amide bonds. The number of carbonyl (C=O) groups excluding carboxylic acids is 1. The minimum absolute atomic E-state index is 0.125. The third kappa shape index (κ3) is 3.30. The van der Waals surface area contributed by atoms with Crippen molar-refractivity contribution < 1.29 is 4.79 Å². The lowest BCUT2D eigenvalue weighted by Crippen LogP contribution is -2.32. The van der Waals surface area contributed by atoms with Gasteiger partial charge in [0.05, 0.1) is 24.3 Å². The minimum Gasteiger partial charge on any atom is -0.397 e. The number of anilines is 1. The number of rotatable bonds is 3. The van der Waals surface area contributed by atoms with E-state index in [0.717, 1.165) is 29.6 Å². The second-order valence-corrected chi connectivity index (χ2v) is 6.48. The first-order valence-corrected chi connectivity index (χ1v) is 8.18. The largest absolute Gasteiger partial charge is 0.397 e. The minimum atomic E-state index is 0.125. The maximum atomic E-state index is 12.6. The molecule has 1 aliphatic rings. The quantitative estimate of drug-likeness (QED) is 0.914. The van der Waals surface area contributed by atoms with Crippen LogP contribution in [-0.4, -0.2) is 22.3 Å². The van der Waals surface area contributed by atoms with E-state index < -0.39 is 0 Å². The van der Waals surface area contributed by atoms with E-state index in [4.69, 9.17) is 5.73 Å². The third-order valence-electron chi connectivity index (χ3n) is 3.99. The summed E-state index contributed by atoms with van der Waals surface area (Å²) in [5.41, 5.74) is 8.19. The van der Waals surface area contributed by atoms with E-state index in [1.54, 1.807) is 12.3 Å². The number of benzene rings is 1. The highest BCUT2D eigenvalue weighted by Crippen LogP contribution is 2.33. The molecule has 2 heterocycles. The smallest absolute Gasteiger partial charge is 0.229 e. The summed E-state index contributed by atoms with van der Waals surface area (Å²) in [5, 5.41) is 0. The van der Waals surface area contributed by atoms with E-state index >= 15 is 0 Å². The zero-order chi connectivity index (χ0) is 15.5. The first-order chi connectivity index (χ1) is 10.6. The zero-order valence-electron chi connectivity index (χ0n) is 12.2. The normalized spacial score (nSPS) is 17.7. The van der Waals surface area contributed by atoms with Gasteiger partial charge in [-0.2, -0.15) is 0 Å². The highest BCUT2D eigenvalue weighted by molar-refractivity contribution is 9.10. The van der Waals surface area contributed by atoms with E-state index in [1.807, 2.05) is 23.1 Å². The maximum absolute atomic E-state index is 12.6. The van der Waals surface area contributed by atoms with Gasteiger partial charge in [-0.15, -0.1) is 0 Å². The summed E-state index contributed by atoms with van der Waals surface area (Å²) in [7, 11) is 0. The number of nitrogens with zero attached hydrogens (tertiary/aromatic N) is 2. The van der Waals surface area contributed by atoms with Crippen molar-refractivity contribution in [1.29, 1.82) is 0 Å². The van der Waals surface area contributed by atoms with Crippen molar-refractivity contribution in [3.8, 4) is 0 Å². The Balaban J connectivity index is 1.75. The number of hydrogen-bond acceptors (Lipinski definition) is 3. The summed E-state index contributed by atoms with van der Waals surface area (Å²) in [6, 6.07) is 12.0. The molecule has 1 unspecified atom stereocenters. The molecular formula is C17H18BrN3O. The van der Waals surface area contributed by atoms with Crippen molar-refractivity contribution in [2.24, 2.45) is 0 Å². The molecule has 1 saturated heterocycles. The number of halogens is 1. The molecule has 0 bridgehead atoms. The summed E-state index contributed by atoms with van der Waals surface area (Å²) < 4.78 is 1.05. The predicted molar refractivity (Wildman–Crippen MR) is 90.2 cm³/mol. The van der Waals surface area contributed by atoms with Crippen LogP contribution in [0.3, 0.4) is 0 Å². The SMILES string of the molecule is Nc1ccc(CC(=O)N2CCCC2c2cccc(Br)c2)nc1. The Morgan fingerprint density at radius 3 is 2.95 bits per heavy atom. The number of pyridine rings is 1. The molecule has 22 heavy (non-hydrogen) atoms. The summed E-state index contributed by atoms with van der Waals surface area (Å²) in [4.78, 5) is 18.8. The highest BCUT2D eigenvalue weighted by atomic mass is 79.9. The van der Waals surface area contributed by atoms with E-state index in [2.05, 4.69) is 33.0 Å². The first-order valence-electron chi connectivity index (χ1n) is 7.39. The Kier molecular flexibility index (Phi) is 4.43. The van der Waals surface area contributed by atoms with Crippen molar-refractivity contribution in [1.82, 2.24) is 9.88 Å². The number of aromatic nitrogens is 1. The number of nitrogens with two attached hydrogens (primary N) is 1. The van der Waals surface area contributed by atoms with Crippen LogP contribution < -0.4 is 5.73 Å². The molecule has 114 valence electrons. The van der Waals surface area contributed by atoms with E-state index in [-0.39, 0.29) is 11.9 Å². The summed E-state index contributed by atoms with van der Waals surface area (Å²) >= 11 is 3.50. The van der Waals surface area contributed by atoms with Crippen LogP contribution in [-0.2, 0) is 11.2 Å². The Hall–Kier alpha value is -1.88. The Morgan fingerprint density at radius 1 is 1.36 bits per heavy atom. The standard InChI is InChI=1S/C17H18BrN3O/c18-13-4-1-3-12(9-13)16-5-2-8-21(16)17(22)10-15-7-6-14(19)11-20-15/h1,3-4,6-7,9,11,16H,2,5,8,10,19H2. The summed E-state index contributed by atoms with van der Waals surface area (Å²) in [5.74, 6) is 0.125. The van der Waals surface area contributed by atoms with Crippen molar-refractivity contribution in [2.45, 2.75) is 25.3 Å². The molecule has 4 nitrogen and oxygen atoms in total. The molecule has 1 atom stereocenters. The number of amides is 1. The van der Waals surface area contributed by atoms with Gasteiger partial charge in [0.25, 0.3) is 0 Å². The van der Waals surface area contributed by atoms with Crippen molar-refractivity contribution >= 4 is 27.5 Å². The average molecular weight is 360 g/mol. The van der Waals surface area contributed by atoms with Crippen LogP contribution in [0.2, 0.25) is 0 Å². The molecule has 1 fully saturated rings. The maximum Gasteiger partial charge on any atom is 0.229 e. The van der Waals surface area contributed by atoms with Gasteiger partial charge in [-0.1, -0.05) is 28.1 Å². The topological polar surface area (TPSA) is 59.2 Å². The van der Waals surface area contributed by atoms with Gasteiger partial charge < -0.3 is 10.6 Å². The molecule has 5 heteroatoms. The summed E-state index contributed by atoms with van der Waals surface area (Å²) in [6.45, 7) is 0.811. The lowest BCUT2D eigenvalue weighted by Gasteiger charge is -2.25. The van der Waals surface area contributed by atoms with Gasteiger partial charge in [-0.05, 0) is 42.7 Å². The molecule has 1 aromatic carbocycles. The van der Waals surface area contributed by atoms with E-state index in [9.17, 15) is 4.79 Å². The van der Waals surface area contributed by atoms with Gasteiger partial charge >= 0.3 is 0 Å². The molecule has 2 aromatic rings. The second kappa shape index (κ2) is 6.48. The number of carbonyl (C=O) groups is 1. The lowest BCUT2D eigenvalue weighted by molar-refractivity contribution is -0.131. The molecule has 0 radical (unpaired) electrons. The van der Waals surface area contributed by atoms with Crippen LogP contribution >= 0.6 is 15.9 Å². The molecule has 3 rings (SSSR count). The van der Waals surface area contributed by atoms with Crippen LogP contribution in [0.4, 0.5) is 5.69 Å². The Bertz CT molecular complexity index is 672. The second-order valence-electron chi connectivity index (χ2n) is 5.56. The number of likely N-dealkylation sites (tertiary alicyclic amines) is 1. The monoisotopic (exact) mass is 359 g/mol. The van der Waals surface area contributed by atoms with Crippen LogP contribution in [0, 0.1) is 0 Å². The fraction of sp³-hybridized carbons (Fsp3) is 0.294. The van der Waals surface area contributed by atoms with Gasteiger partial charge in [-0.25, -0.2) is 0 Å². The average Bonchev–Trinajstić information content (AvgIpc) is 2.99. The number of hydrogen-bond donors (Lipinski definition) is 1. The van der Waals surface area contributed by atoms with Gasteiger partial charge in [0.1, 0.15) is 0 Å². The van der Waals surface area contributed by atoms with Gasteiger partial charge in [-0.3, -0.25) is 9.78 Å². The van der Waals surface area contributed by atoms with Crippen molar-refractivity contribution in [2.75, 3.05) is 12.3 Å². The predicted octanol–water partition coefficient (Wildman–Crippen LogP) is 3.33. The molecular weight excluding hydrogens is 342 g/mol. The van der Waals surface area contributed by atoms with Crippen LogP contribution in [0.25, 0.3) is 0 Å². The highest BCUT2D eigenvalue weighted by Gasteiger charge is 2.29. The van der Waals surface area contributed by atoms with Gasteiger partial charge in [0.15, 0.2) is 0 Å².